The van der Waals surface area contributed by atoms with E-state index >= 15 is 0 Å². The van der Waals surface area contributed by atoms with Gasteiger partial charge in [-0.1, -0.05) is 13.0 Å². The minimum atomic E-state index is 0.316. The Morgan fingerprint density at radius 3 is 2.33 bits per heavy atom. The molecule has 3 aliphatic heterocycles. The number of piperazine rings is 1. The molecule has 2 N–H and O–H groups in total. The average Bonchev–Trinajstić information content (AvgIpc) is 3.23. The van der Waals surface area contributed by atoms with E-state index in [1.165, 1.54) is 18.4 Å². The van der Waals surface area contributed by atoms with Gasteiger partial charge in [-0.3, -0.25) is 4.90 Å². The summed E-state index contributed by atoms with van der Waals surface area (Å²) in [5, 5.41) is 0. The quantitative estimate of drug-likeness (QED) is 0.823. The van der Waals surface area contributed by atoms with E-state index in [0.717, 1.165) is 80.6 Å². The van der Waals surface area contributed by atoms with Gasteiger partial charge in [-0.25, -0.2) is 9.97 Å². The molecular weight excluding hydrogens is 380 g/mol. The molecule has 0 aliphatic carbocycles. The molecule has 1 aromatic heterocycles. The van der Waals surface area contributed by atoms with Gasteiger partial charge in [-0.15, -0.1) is 0 Å². The van der Waals surface area contributed by atoms with E-state index in [9.17, 15) is 0 Å². The largest absolute Gasteiger partial charge is 0.454 e. The van der Waals surface area contributed by atoms with Crippen molar-refractivity contribution in [1.29, 1.82) is 0 Å². The third kappa shape index (κ3) is 3.84. The van der Waals surface area contributed by atoms with E-state index in [4.69, 9.17) is 15.2 Å². The number of hydrogen-bond acceptors (Lipinski definition) is 8. The van der Waals surface area contributed by atoms with Gasteiger partial charge in [0.15, 0.2) is 23.1 Å². The fourth-order valence-electron chi connectivity index (χ4n) is 4.52. The second kappa shape index (κ2) is 8.18. The van der Waals surface area contributed by atoms with Crippen molar-refractivity contribution in [3.05, 3.63) is 30.1 Å². The summed E-state index contributed by atoms with van der Waals surface area (Å²) in [5.74, 6) is 4.24. The Kier molecular flexibility index (Phi) is 5.25. The van der Waals surface area contributed by atoms with Crippen molar-refractivity contribution in [3.8, 4) is 11.5 Å². The molecule has 8 heteroatoms. The number of aromatic nitrogens is 2. The maximum absolute atomic E-state index is 6.54. The molecule has 30 heavy (non-hydrogen) atoms. The van der Waals surface area contributed by atoms with Crippen LogP contribution < -0.4 is 25.0 Å². The molecule has 0 unspecified atom stereocenters. The van der Waals surface area contributed by atoms with Crippen LogP contribution in [0.15, 0.2) is 24.5 Å². The van der Waals surface area contributed by atoms with E-state index in [1.54, 1.807) is 6.33 Å². The van der Waals surface area contributed by atoms with Gasteiger partial charge in [0.1, 0.15) is 12.0 Å². The summed E-state index contributed by atoms with van der Waals surface area (Å²) in [6.45, 7) is 9.32. The summed E-state index contributed by atoms with van der Waals surface area (Å²) in [6.07, 6.45) is 4.05. The molecule has 4 heterocycles. The van der Waals surface area contributed by atoms with Crippen molar-refractivity contribution in [1.82, 2.24) is 14.9 Å². The van der Waals surface area contributed by atoms with Crippen LogP contribution in [0.4, 0.5) is 17.3 Å². The molecule has 1 aromatic carbocycles. The zero-order chi connectivity index (χ0) is 20.5. The Morgan fingerprint density at radius 1 is 0.933 bits per heavy atom. The third-order valence-corrected chi connectivity index (χ3v) is 6.44. The van der Waals surface area contributed by atoms with Crippen LogP contribution in [-0.2, 0) is 6.54 Å². The summed E-state index contributed by atoms with van der Waals surface area (Å²) in [5.41, 5.74) is 8.51. The number of benzene rings is 1. The van der Waals surface area contributed by atoms with E-state index < -0.39 is 0 Å². The monoisotopic (exact) mass is 410 g/mol. The molecule has 5 rings (SSSR count). The summed E-state index contributed by atoms with van der Waals surface area (Å²) < 4.78 is 10.9. The van der Waals surface area contributed by atoms with E-state index in [2.05, 4.69) is 43.7 Å². The van der Waals surface area contributed by atoms with Crippen molar-refractivity contribution in [2.45, 2.75) is 26.3 Å². The summed E-state index contributed by atoms with van der Waals surface area (Å²) in [7, 11) is 0. The minimum absolute atomic E-state index is 0.316. The highest BCUT2D eigenvalue weighted by Gasteiger charge is 2.25. The molecule has 0 spiro atoms. The predicted molar refractivity (Wildman–Crippen MR) is 117 cm³/mol. The van der Waals surface area contributed by atoms with E-state index in [0.29, 0.717) is 6.79 Å². The molecule has 2 fully saturated rings. The van der Waals surface area contributed by atoms with Gasteiger partial charge in [0, 0.05) is 45.8 Å². The standard InChI is InChI=1S/C22H30N6O2/c1-16-4-6-27(7-5-16)21-20(23)22(25-14-24-21)28-10-8-26(9-11-28)13-17-2-3-18-19(12-17)30-15-29-18/h2-3,12,14,16H,4-11,13,15,23H2,1H3. The lowest BCUT2D eigenvalue weighted by Crippen LogP contribution is -2.46. The lowest BCUT2D eigenvalue weighted by molar-refractivity contribution is 0.174. The van der Waals surface area contributed by atoms with E-state index in [-0.39, 0.29) is 0 Å². The predicted octanol–water partition coefficient (Wildman–Crippen LogP) is 2.35. The Hall–Kier alpha value is -2.74. The summed E-state index contributed by atoms with van der Waals surface area (Å²) in [6, 6.07) is 6.20. The van der Waals surface area contributed by atoms with Crippen LogP contribution in [0.1, 0.15) is 25.3 Å². The first-order valence-electron chi connectivity index (χ1n) is 10.9. The molecule has 3 aliphatic rings. The Balaban J connectivity index is 1.22. The highest BCUT2D eigenvalue weighted by Crippen LogP contribution is 2.34. The number of nitrogen functional groups attached to an aromatic ring is 1. The van der Waals surface area contributed by atoms with Crippen LogP contribution in [0.25, 0.3) is 0 Å². The highest BCUT2D eigenvalue weighted by atomic mass is 16.7. The smallest absolute Gasteiger partial charge is 0.231 e. The zero-order valence-corrected chi connectivity index (χ0v) is 17.6. The second-order valence-electron chi connectivity index (χ2n) is 8.55. The number of anilines is 3. The van der Waals surface area contributed by atoms with Crippen LogP contribution >= 0.6 is 0 Å². The second-order valence-corrected chi connectivity index (χ2v) is 8.55. The summed E-state index contributed by atoms with van der Waals surface area (Å²) >= 11 is 0. The topological polar surface area (TPSA) is 80.0 Å². The van der Waals surface area contributed by atoms with Gasteiger partial charge in [0.2, 0.25) is 6.79 Å². The zero-order valence-electron chi connectivity index (χ0n) is 17.6. The first kappa shape index (κ1) is 19.2. The molecule has 0 saturated carbocycles. The average molecular weight is 411 g/mol. The number of fused-ring (bicyclic) bond motifs is 1. The van der Waals surface area contributed by atoms with Gasteiger partial charge in [-0.05, 0) is 36.5 Å². The lowest BCUT2D eigenvalue weighted by atomic mass is 9.99. The minimum Gasteiger partial charge on any atom is -0.454 e. The Bertz CT molecular complexity index is 891. The maximum Gasteiger partial charge on any atom is 0.231 e. The highest BCUT2D eigenvalue weighted by molar-refractivity contribution is 5.76. The first-order chi connectivity index (χ1) is 14.7. The number of nitrogens with two attached hydrogens (primary N) is 1. The molecule has 0 amide bonds. The van der Waals surface area contributed by atoms with Crippen LogP contribution in [0.3, 0.4) is 0 Å². The van der Waals surface area contributed by atoms with Gasteiger partial charge >= 0.3 is 0 Å². The molecule has 0 bridgehead atoms. The Labute approximate surface area is 177 Å². The van der Waals surface area contributed by atoms with Crippen molar-refractivity contribution in [2.75, 3.05) is 61.6 Å². The SMILES string of the molecule is CC1CCN(c2ncnc(N3CCN(Cc4ccc5c(c4)OCO5)CC3)c2N)CC1. The van der Waals surface area contributed by atoms with Gasteiger partial charge in [-0.2, -0.15) is 0 Å². The fraction of sp³-hybridized carbons (Fsp3) is 0.545. The van der Waals surface area contributed by atoms with Crippen molar-refractivity contribution < 1.29 is 9.47 Å². The molecule has 0 radical (unpaired) electrons. The molecule has 8 nitrogen and oxygen atoms in total. The molecular formula is C22H30N6O2. The Morgan fingerprint density at radius 2 is 1.60 bits per heavy atom. The van der Waals surface area contributed by atoms with Gasteiger partial charge in [0.05, 0.1) is 0 Å². The summed E-state index contributed by atoms with van der Waals surface area (Å²) in [4.78, 5) is 16.1. The van der Waals surface area contributed by atoms with E-state index in [1.807, 2.05) is 6.07 Å². The van der Waals surface area contributed by atoms with Crippen molar-refractivity contribution >= 4 is 17.3 Å². The molecule has 2 aromatic rings. The van der Waals surface area contributed by atoms with Crippen molar-refractivity contribution in [3.63, 3.8) is 0 Å². The number of rotatable bonds is 4. The first-order valence-corrected chi connectivity index (χ1v) is 10.9. The number of piperidine rings is 1. The lowest BCUT2D eigenvalue weighted by Gasteiger charge is -2.37. The molecule has 2 saturated heterocycles. The van der Waals surface area contributed by atoms with Crippen LogP contribution in [0, 0.1) is 5.92 Å². The number of hydrogen-bond donors (Lipinski definition) is 1. The van der Waals surface area contributed by atoms with Gasteiger partial charge in [0.25, 0.3) is 0 Å². The fourth-order valence-corrected chi connectivity index (χ4v) is 4.52. The number of ether oxygens (including phenoxy) is 2. The normalized spacial score (nSPS) is 20.0. The number of nitrogens with zero attached hydrogens (tertiary/aromatic N) is 5. The van der Waals surface area contributed by atoms with Gasteiger partial charge < -0.3 is 25.0 Å². The third-order valence-electron chi connectivity index (χ3n) is 6.44. The van der Waals surface area contributed by atoms with Crippen molar-refractivity contribution in [2.24, 2.45) is 5.92 Å². The molecule has 160 valence electrons. The maximum atomic E-state index is 6.54. The molecule has 0 atom stereocenters. The van der Waals surface area contributed by atoms with Crippen LogP contribution in [0.5, 0.6) is 11.5 Å². The van der Waals surface area contributed by atoms with Crippen LogP contribution in [0.2, 0.25) is 0 Å². The van der Waals surface area contributed by atoms with Crippen LogP contribution in [-0.4, -0.2) is 60.9 Å².